The van der Waals surface area contributed by atoms with E-state index in [1.54, 1.807) is 7.11 Å². The van der Waals surface area contributed by atoms with Gasteiger partial charge in [0.05, 0.1) is 12.8 Å². The van der Waals surface area contributed by atoms with Gasteiger partial charge < -0.3 is 25.2 Å². The van der Waals surface area contributed by atoms with Crippen molar-refractivity contribution in [1.82, 2.24) is 15.5 Å². The van der Waals surface area contributed by atoms with E-state index in [9.17, 15) is 0 Å². The van der Waals surface area contributed by atoms with Crippen molar-refractivity contribution in [2.45, 2.75) is 45.1 Å². The molecule has 0 saturated carbocycles. The van der Waals surface area contributed by atoms with Gasteiger partial charge in [-0.3, -0.25) is 4.99 Å². The second-order valence-electron chi connectivity index (χ2n) is 7.91. The molecule has 0 spiro atoms. The van der Waals surface area contributed by atoms with Crippen molar-refractivity contribution in [1.29, 1.82) is 0 Å². The lowest BCUT2D eigenvalue weighted by atomic mass is 10.2. The van der Waals surface area contributed by atoms with Crippen LogP contribution in [0.4, 0.5) is 5.69 Å². The van der Waals surface area contributed by atoms with Crippen molar-refractivity contribution in [3.8, 4) is 5.75 Å². The second-order valence-corrected chi connectivity index (χ2v) is 8.35. The van der Waals surface area contributed by atoms with Crippen molar-refractivity contribution in [2.75, 3.05) is 57.8 Å². The van der Waals surface area contributed by atoms with E-state index in [1.807, 2.05) is 18.2 Å². The molecule has 0 aliphatic carbocycles. The molecule has 6 nitrogen and oxygen atoms in total. The van der Waals surface area contributed by atoms with Gasteiger partial charge in [-0.15, -0.1) is 24.0 Å². The molecule has 1 unspecified atom stereocenters. The van der Waals surface area contributed by atoms with E-state index in [2.05, 4.69) is 27.4 Å². The fourth-order valence-corrected chi connectivity index (χ4v) is 4.33. The number of unbranched alkanes of at least 4 members (excludes halogenated alkanes) is 1. The first-order chi connectivity index (χ1) is 14.2. The van der Waals surface area contributed by atoms with Crippen molar-refractivity contribution >= 4 is 47.2 Å². The summed E-state index contributed by atoms with van der Waals surface area (Å²) in [6, 6.07) is 6.16. The van der Waals surface area contributed by atoms with Crippen LogP contribution >= 0.6 is 35.6 Å². The van der Waals surface area contributed by atoms with Crippen LogP contribution in [0.15, 0.2) is 23.2 Å². The van der Waals surface area contributed by atoms with Crippen LogP contribution in [0, 0.1) is 0 Å². The largest absolute Gasteiger partial charge is 0.495 e. The monoisotopic (exact) mass is 549 g/mol. The third-order valence-corrected chi connectivity index (χ3v) is 5.94. The molecule has 0 aromatic heterocycles. The standard InChI is InChI=1S/C22H36ClN5O.HI/c1-3-24-22(25-11-4-5-12-27-13-6-7-14-27)26-19-10-15-28(17-19)20-16-18(23)8-9-21(20)29-2;/h8-9,16,19H,3-7,10-15,17H2,1-2H3,(H2,24,25,26);1H. The molecule has 2 aliphatic rings. The Kier molecular flexibility index (Phi) is 11.4. The summed E-state index contributed by atoms with van der Waals surface area (Å²) in [6.07, 6.45) is 6.17. The first kappa shape index (κ1) is 25.3. The maximum atomic E-state index is 6.21. The molecule has 2 saturated heterocycles. The van der Waals surface area contributed by atoms with Crippen molar-refractivity contribution in [3.05, 3.63) is 23.2 Å². The van der Waals surface area contributed by atoms with Crippen LogP contribution in [0.1, 0.15) is 39.0 Å². The molecule has 0 amide bonds. The second kappa shape index (κ2) is 13.5. The maximum absolute atomic E-state index is 6.21. The number of nitrogens with one attached hydrogen (secondary N) is 2. The molecule has 1 atom stereocenters. The summed E-state index contributed by atoms with van der Waals surface area (Å²) < 4.78 is 5.52. The Hall–Kier alpha value is -0.930. The van der Waals surface area contributed by atoms with Crippen LogP contribution in [0.25, 0.3) is 0 Å². The summed E-state index contributed by atoms with van der Waals surface area (Å²) in [5.74, 6) is 1.80. The predicted octanol–water partition coefficient (Wildman–Crippen LogP) is 3.98. The minimum atomic E-state index is 0. The number of rotatable bonds is 9. The lowest BCUT2D eigenvalue weighted by Crippen LogP contribution is -2.44. The molecule has 3 rings (SSSR count). The van der Waals surface area contributed by atoms with Gasteiger partial charge in [-0.1, -0.05) is 11.6 Å². The fourth-order valence-electron chi connectivity index (χ4n) is 4.16. The smallest absolute Gasteiger partial charge is 0.191 e. The Labute approximate surface area is 203 Å². The van der Waals surface area contributed by atoms with Crippen molar-refractivity contribution < 1.29 is 4.74 Å². The topological polar surface area (TPSA) is 52.1 Å². The average Bonchev–Trinajstić information content (AvgIpc) is 3.40. The Morgan fingerprint density at radius 1 is 1.23 bits per heavy atom. The minimum Gasteiger partial charge on any atom is -0.495 e. The molecule has 1 aromatic carbocycles. The number of guanidine groups is 1. The Morgan fingerprint density at radius 2 is 2.03 bits per heavy atom. The molecule has 2 N–H and O–H groups in total. The van der Waals surface area contributed by atoms with Crippen LogP contribution in [-0.2, 0) is 0 Å². The Balaban J connectivity index is 0.00000320. The summed E-state index contributed by atoms with van der Waals surface area (Å²) in [5.41, 5.74) is 1.06. The molecule has 2 aliphatic heterocycles. The highest BCUT2D eigenvalue weighted by Crippen LogP contribution is 2.33. The number of nitrogens with zero attached hydrogens (tertiary/aromatic N) is 3. The van der Waals surface area contributed by atoms with E-state index in [-0.39, 0.29) is 24.0 Å². The molecule has 2 heterocycles. The molecular weight excluding hydrogens is 513 g/mol. The van der Waals surface area contributed by atoms with Gasteiger partial charge in [-0.25, -0.2) is 0 Å². The van der Waals surface area contributed by atoms with Gasteiger partial charge in [-0.2, -0.15) is 0 Å². The van der Waals surface area contributed by atoms with Gasteiger partial charge in [0.15, 0.2) is 5.96 Å². The first-order valence-corrected chi connectivity index (χ1v) is 11.4. The SMILES string of the molecule is CCNC(=NCCCCN1CCCC1)NC1CCN(c2cc(Cl)ccc2OC)C1.I. The van der Waals surface area contributed by atoms with Crippen LogP contribution in [-0.4, -0.2) is 69.8 Å². The lowest BCUT2D eigenvalue weighted by molar-refractivity contribution is 0.331. The zero-order chi connectivity index (χ0) is 20.5. The van der Waals surface area contributed by atoms with Crippen LogP contribution in [0.3, 0.4) is 0 Å². The minimum absolute atomic E-state index is 0. The van der Waals surface area contributed by atoms with Gasteiger partial charge in [0.1, 0.15) is 5.75 Å². The van der Waals surface area contributed by atoms with E-state index in [0.717, 1.165) is 61.4 Å². The Bertz CT molecular complexity index is 669. The van der Waals surface area contributed by atoms with E-state index < -0.39 is 0 Å². The quantitative estimate of drug-likeness (QED) is 0.211. The zero-order valence-electron chi connectivity index (χ0n) is 18.3. The maximum Gasteiger partial charge on any atom is 0.191 e. The first-order valence-electron chi connectivity index (χ1n) is 11.0. The van der Waals surface area contributed by atoms with Gasteiger partial charge in [0.25, 0.3) is 0 Å². The highest BCUT2D eigenvalue weighted by Gasteiger charge is 2.25. The number of ether oxygens (including phenoxy) is 1. The van der Waals surface area contributed by atoms with Gasteiger partial charge in [-0.05, 0) is 76.9 Å². The van der Waals surface area contributed by atoms with Crippen LogP contribution in [0.2, 0.25) is 5.02 Å². The summed E-state index contributed by atoms with van der Waals surface area (Å²) in [4.78, 5) is 9.71. The zero-order valence-corrected chi connectivity index (χ0v) is 21.4. The molecule has 8 heteroatoms. The highest BCUT2D eigenvalue weighted by atomic mass is 127. The summed E-state index contributed by atoms with van der Waals surface area (Å²) in [7, 11) is 1.71. The molecule has 170 valence electrons. The van der Waals surface area contributed by atoms with Crippen LogP contribution < -0.4 is 20.3 Å². The average molecular weight is 550 g/mol. The molecule has 0 radical (unpaired) electrons. The normalized spacial score (nSPS) is 19.6. The number of hydrogen-bond donors (Lipinski definition) is 2. The lowest BCUT2D eigenvalue weighted by Gasteiger charge is -2.22. The third-order valence-electron chi connectivity index (χ3n) is 5.71. The molecule has 0 bridgehead atoms. The summed E-state index contributed by atoms with van der Waals surface area (Å²) in [5, 5.41) is 7.74. The number of halogens is 2. The predicted molar refractivity (Wildman–Crippen MR) is 138 cm³/mol. The Morgan fingerprint density at radius 3 is 2.77 bits per heavy atom. The van der Waals surface area contributed by atoms with Gasteiger partial charge >= 0.3 is 0 Å². The fraction of sp³-hybridized carbons (Fsp3) is 0.682. The van der Waals surface area contributed by atoms with Crippen LogP contribution in [0.5, 0.6) is 5.75 Å². The van der Waals surface area contributed by atoms with Gasteiger partial charge in [0.2, 0.25) is 0 Å². The number of methoxy groups -OCH3 is 1. The van der Waals surface area contributed by atoms with Gasteiger partial charge in [0, 0.05) is 37.2 Å². The number of likely N-dealkylation sites (tertiary alicyclic amines) is 1. The van der Waals surface area contributed by atoms with Crippen molar-refractivity contribution in [2.24, 2.45) is 4.99 Å². The van der Waals surface area contributed by atoms with E-state index in [1.165, 1.54) is 38.9 Å². The van der Waals surface area contributed by atoms with E-state index >= 15 is 0 Å². The number of benzene rings is 1. The van der Waals surface area contributed by atoms with E-state index in [0.29, 0.717) is 6.04 Å². The summed E-state index contributed by atoms with van der Waals surface area (Å²) >= 11 is 6.21. The number of hydrogen-bond acceptors (Lipinski definition) is 4. The molecule has 2 fully saturated rings. The molecule has 1 aromatic rings. The number of anilines is 1. The third kappa shape index (κ3) is 7.64. The van der Waals surface area contributed by atoms with E-state index in [4.69, 9.17) is 21.3 Å². The van der Waals surface area contributed by atoms with Crippen molar-refractivity contribution in [3.63, 3.8) is 0 Å². The molecular formula is C22H37ClIN5O. The number of aliphatic imine (C=N–C) groups is 1. The summed E-state index contributed by atoms with van der Waals surface area (Å²) in [6.45, 7) is 9.53. The molecule has 30 heavy (non-hydrogen) atoms. The highest BCUT2D eigenvalue weighted by molar-refractivity contribution is 14.0.